The van der Waals surface area contributed by atoms with Gasteiger partial charge in [0, 0.05) is 6.54 Å². The van der Waals surface area contributed by atoms with Crippen LogP contribution in [0.25, 0.3) is 0 Å². The average Bonchev–Trinajstić information content (AvgIpc) is 2.86. The first-order valence-corrected chi connectivity index (χ1v) is 8.45. The van der Waals surface area contributed by atoms with E-state index >= 15 is 0 Å². The summed E-state index contributed by atoms with van der Waals surface area (Å²) in [6.07, 6.45) is 0.550. The molecule has 0 aromatic heterocycles. The summed E-state index contributed by atoms with van der Waals surface area (Å²) in [7, 11) is 3.08. The van der Waals surface area contributed by atoms with E-state index in [4.69, 9.17) is 9.47 Å². The number of nitrogens with one attached hydrogen (secondary N) is 2. The Bertz CT molecular complexity index is 689. The van der Waals surface area contributed by atoms with Crippen LogP contribution in [0.15, 0.2) is 18.2 Å². The number of benzene rings is 1. The monoisotopic (exact) mass is 363 g/mol. The van der Waals surface area contributed by atoms with Crippen LogP contribution < -0.4 is 20.1 Å². The second kappa shape index (κ2) is 8.55. The molecule has 4 amide bonds. The molecule has 1 atom stereocenters. The summed E-state index contributed by atoms with van der Waals surface area (Å²) in [6.45, 7) is 3.89. The fourth-order valence-electron chi connectivity index (χ4n) is 2.75. The Balaban J connectivity index is 1.91. The average molecular weight is 363 g/mol. The summed E-state index contributed by atoms with van der Waals surface area (Å²) in [6, 6.07) is 4.22. The molecule has 1 aliphatic rings. The third kappa shape index (κ3) is 4.65. The lowest BCUT2D eigenvalue weighted by Gasteiger charge is -2.14. The lowest BCUT2D eigenvalue weighted by atomic mass is 10.0. The molecule has 2 N–H and O–H groups in total. The third-order valence-corrected chi connectivity index (χ3v) is 4.05. The number of carbonyl (C=O) groups is 3. The minimum atomic E-state index is -0.554. The van der Waals surface area contributed by atoms with Gasteiger partial charge in [0.1, 0.15) is 12.6 Å². The maximum absolute atomic E-state index is 12.2. The summed E-state index contributed by atoms with van der Waals surface area (Å²) in [5, 5.41) is 5.32. The van der Waals surface area contributed by atoms with E-state index in [0.717, 1.165) is 10.5 Å². The van der Waals surface area contributed by atoms with Crippen molar-refractivity contribution in [1.29, 1.82) is 0 Å². The highest BCUT2D eigenvalue weighted by atomic mass is 16.5. The van der Waals surface area contributed by atoms with Crippen LogP contribution in [0.2, 0.25) is 0 Å². The van der Waals surface area contributed by atoms with Crippen LogP contribution in [0.1, 0.15) is 25.8 Å². The molecule has 26 heavy (non-hydrogen) atoms. The zero-order chi connectivity index (χ0) is 19.3. The standard InChI is InChI=1S/C18H25N3O5/c1-11(2)7-13-17(23)21(18(24)20-13)10-16(22)19-9-12-5-6-14(25-3)15(8-12)26-4/h5-6,8,11,13H,7,9-10H2,1-4H3,(H,19,22)(H,20,24). The molecule has 1 fully saturated rings. The molecule has 1 heterocycles. The summed E-state index contributed by atoms with van der Waals surface area (Å²) < 4.78 is 10.4. The minimum Gasteiger partial charge on any atom is -0.493 e. The summed E-state index contributed by atoms with van der Waals surface area (Å²) >= 11 is 0. The number of amides is 4. The highest BCUT2D eigenvalue weighted by Crippen LogP contribution is 2.27. The number of hydrogen-bond donors (Lipinski definition) is 2. The molecular formula is C18H25N3O5. The smallest absolute Gasteiger partial charge is 0.325 e. The van der Waals surface area contributed by atoms with E-state index in [1.165, 1.54) is 7.11 Å². The predicted octanol–water partition coefficient (Wildman–Crippen LogP) is 1.29. The van der Waals surface area contributed by atoms with Crippen molar-refractivity contribution in [3.05, 3.63) is 23.8 Å². The Kier molecular flexibility index (Phi) is 6.43. The molecule has 0 spiro atoms. The van der Waals surface area contributed by atoms with Crippen molar-refractivity contribution < 1.29 is 23.9 Å². The number of carbonyl (C=O) groups excluding carboxylic acids is 3. The molecular weight excluding hydrogens is 338 g/mol. The fourth-order valence-corrected chi connectivity index (χ4v) is 2.75. The topological polar surface area (TPSA) is 97.0 Å². The first-order chi connectivity index (χ1) is 12.3. The molecule has 0 saturated carbocycles. The highest BCUT2D eigenvalue weighted by Gasteiger charge is 2.38. The van der Waals surface area contributed by atoms with Crippen LogP contribution in [-0.4, -0.2) is 49.6 Å². The van der Waals surface area contributed by atoms with E-state index in [9.17, 15) is 14.4 Å². The Morgan fingerprint density at radius 3 is 2.54 bits per heavy atom. The molecule has 2 rings (SSSR count). The van der Waals surface area contributed by atoms with Crippen LogP contribution in [0.5, 0.6) is 11.5 Å². The first kappa shape index (κ1) is 19.6. The van der Waals surface area contributed by atoms with Gasteiger partial charge in [0.05, 0.1) is 14.2 Å². The number of methoxy groups -OCH3 is 2. The van der Waals surface area contributed by atoms with Gasteiger partial charge in [-0.1, -0.05) is 19.9 Å². The predicted molar refractivity (Wildman–Crippen MR) is 94.9 cm³/mol. The van der Waals surface area contributed by atoms with Crippen molar-refractivity contribution in [2.24, 2.45) is 5.92 Å². The van der Waals surface area contributed by atoms with Gasteiger partial charge in [-0.25, -0.2) is 4.79 Å². The molecule has 8 nitrogen and oxygen atoms in total. The van der Waals surface area contributed by atoms with Crippen molar-refractivity contribution in [2.75, 3.05) is 20.8 Å². The van der Waals surface area contributed by atoms with E-state index in [1.807, 2.05) is 13.8 Å². The van der Waals surface area contributed by atoms with Crippen molar-refractivity contribution in [3.8, 4) is 11.5 Å². The van der Waals surface area contributed by atoms with Crippen LogP contribution in [-0.2, 0) is 16.1 Å². The Morgan fingerprint density at radius 2 is 1.92 bits per heavy atom. The van der Waals surface area contributed by atoms with Gasteiger partial charge >= 0.3 is 6.03 Å². The van der Waals surface area contributed by atoms with E-state index in [-0.39, 0.29) is 24.9 Å². The zero-order valence-corrected chi connectivity index (χ0v) is 15.5. The van der Waals surface area contributed by atoms with Gasteiger partial charge in [0.2, 0.25) is 5.91 Å². The Labute approximate surface area is 152 Å². The van der Waals surface area contributed by atoms with Crippen molar-refractivity contribution in [1.82, 2.24) is 15.5 Å². The number of imide groups is 1. The van der Waals surface area contributed by atoms with E-state index in [2.05, 4.69) is 10.6 Å². The summed E-state index contributed by atoms with van der Waals surface area (Å²) in [5.41, 5.74) is 0.811. The second-order valence-electron chi connectivity index (χ2n) is 6.52. The lowest BCUT2D eigenvalue weighted by Crippen LogP contribution is -2.41. The Morgan fingerprint density at radius 1 is 1.23 bits per heavy atom. The maximum Gasteiger partial charge on any atom is 0.325 e. The second-order valence-corrected chi connectivity index (χ2v) is 6.52. The van der Waals surface area contributed by atoms with Gasteiger partial charge in [-0.15, -0.1) is 0 Å². The molecule has 8 heteroatoms. The molecule has 0 bridgehead atoms. The molecule has 0 aliphatic carbocycles. The summed E-state index contributed by atoms with van der Waals surface area (Å²) in [5.74, 6) is 0.657. The lowest BCUT2D eigenvalue weighted by molar-refractivity contribution is -0.132. The minimum absolute atomic E-state index is 0.248. The number of ether oxygens (including phenoxy) is 2. The van der Waals surface area contributed by atoms with Crippen molar-refractivity contribution in [3.63, 3.8) is 0 Å². The molecule has 1 aromatic rings. The largest absolute Gasteiger partial charge is 0.493 e. The molecule has 1 unspecified atom stereocenters. The van der Waals surface area contributed by atoms with Crippen molar-refractivity contribution >= 4 is 17.8 Å². The van der Waals surface area contributed by atoms with Gasteiger partial charge in [-0.05, 0) is 30.0 Å². The molecule has 142 valence electrons. The first-order valence-electron chi connectivity index (χ1n) is 8.45. The quantitative estimate of drug-likeness (QED) is 0.679. The number of hydrogen-bond acceptors (Lipinski definition) is 5. The molecule has 1 aromatic carbocycles. The number of urea groups is 1. The number of rotatable bonds is 8. The van der Waals surface area contributed by atoms with E-state index < -0.39 is 18.0 Å². The Hall–Kier alpha value is -2.77. The molecule has 1 aliphatic heterocycles. The van der Waals surface area contributed by atoms with Gasteiger partial charge in [-0.3, -0.25) is 14.5 Å². The highest BCUT2D eigenvalue weighted by molar-refractivity contribution is 6.06. The zero-order valence-electron chi connectivity index (χ0n) is 15.5. The van der Waals surface area contributed by atoms with Crippen LogP contribution in [0, 0.1) is 5.92 Å². The maximum atomic E-state index is 12.2. The van der Waals surface area contributed by atoms with Gasteiger partial charge in [0.25, 0.3) is 5.91 Å². The van der Waals surface area contributed by atoms with Crippen LogP contribution in [0.4, 0.5) is 4.79 Å². The van der Waals surface area contributed by atoms with Crippen LogP contribution >= 0.6 is 0 Å². The molecule has 1 saturated heterocycles. The summed E-state index contributed by atoms with van der Waals surface area (Å²) in [4.78, 5) is 37.3. The van der Waals surface area contributed by atoms with E-state index in [0.29, 0.717) is 17.9 Å². The third-order valence-electron chi connectivity index (χ3n) is 4.05. The fraction of sp³-hybridized carbons (Fsp3) is 0.500. The van der Waals surface area contributed by atoms with E-state index in [1.54, 1.807) is 25.3 Å². The SMILES string of the molecule is COc1ccc(CNC(=O)CN2C(=O)NC(CC(C)C)C2=O)cc1OC. The molecule has 0 radical (unpaired) electrons. The van der Waals surface area contributed by atoms with Gasteiger partial charge < -0.3 is 20.1 Å². The van der Waals surface area contributed by atoms with Gasteiger partial charge in [-0.2, -0.15) is 0 Å². The normalized spacial score (nSPS) is 16.7. The van der Waals surface area contributed by atoms with Crippen LogP contribution in [0.3, 0.4) is 0 Å². The van der Waals surface area contributed by atoms with Gasteiger partial charge in [0.15, 0.2) is 11.5 Å². The number of nitrogens with zero attached hydrogens (tertiary/aromatic N) is 1. The van der Waals surface area contributed by atoms with Crippen molar-refractivity contribution in [2.45, 2.75) is 32.9 Å².